The Balaban J connectivity index is 2.31. The third-order valence-corrected chi connectivity index (χ3v) is 2.82. The number of aromatic nitrogens is 2. The molecule has 1 fully saturated rings. The predicted molar refractivity (Wildman–Crippen MR) is 63.7 cm³/mol. The van der Waals surface area contributed by atoms with E-state index >= 15 is 0 Å². The Morgan fingerprint density at radius 1 is 1.65 bits per heavy atom. The van der Waals surface area contributed by atoms with Crippen LogP contribution in [0.4, 0.5) is 17.5 Å². The van der Waals surface area contributed by atoms with E-state index in [9.17, 15) is 10.1 Å². The molecule has 1 aliphatic rings. The summed E-state index contributed by atoms with van der Waals surface area (Å²) in [5, 5.41) is 10.9. The maximum absolute atomic E-state index is 10.9. The molecule has 0 amide bonds. The van der Waals surface area contributed by atoms with E-state index in [4.69, 9.17) is 5.73 Å². The number of nitrogens with zero attached hydrogens (tertiary/aromatic N) is 4. The fraction of sp³-hybridized carbons (Fsp3) is 0.600. The molecule has 1 heterocycles. The zero-order chi connectivity index (χ0) is 12.4. The van der Waals surface area contributed by atoms with Gasteiger partial charge in [-0.25, -0.2) is 4.98 Å². The van der Waals surface area contributed by atoms with Gasteiger partial charge in [0.1, 0.15) is 6.20 Å². The number of nitrogens with two attached hydrogens (primary N) is 1. The summed E-state index contributed by atoms with van der Waals surface area (Å²) in [5.74, 6) is 1.03. The lowest BCUT2D eigenvalue weighted by atomic mass is 10.3. The van der Waals surface area contributed by atoms with Crippen molar-refractivity contribution in [2.75, 3.05) is 23.7 Å². The summed E-state index contributed by atoms with van der Waals surface area (Å²) in [6, 6.07) is 0. The monoisotopic (exact) mass is 237 g/mol. The molecule has 17 heavy (non-hydrogen) atoms. The van der Waals surface area contributed by atoms with Crippen LogP contribution in [0.3, 0.4) is 0 Å². The highest BCUT2D eigenvalue weighted by Crippen LogP contribution is 2.33. The maximum atomic E-state index is 10.9. The SMILES string of the molecule is CCN(CC1CC1)c1nc(N)ncc1[N+](=O)[O-]. The van der Waals surface area contributed by atoms with E-state index in [1.807, 2.05) is 11.8 Å². The molecule has 0 bridgehead atoms. The van der Waals surface area contributed by atoms with Crippen LogP contribution in [0.2, 0.25) is 0 Å². The normalized spacial score (nSPS) is 14.6. The van der Waals surface area contributed by atoms with Crippen molar-refractivity contribution in [3.8, 4) is 0 Å². The van der Waals surface area contributed by atoms with Gasteiger partial charge in [-0.1, -0.05) is 0 Å². The molecule has 1 aliphatic carbocycles. The molecule has 7 heteroatoms. The minimum Gasteiger partial charge on any atom is -0.368 e. The summed E-state index contributed by atoms with van der Waals surface area (Å²) < 4.78 is 0. The lowest BCUT2D eigenvalue weighted by Crippen LogP contribution is -2.27. The van der Waals surface area contributed by atoms with Gasteiger partial charge in [0.05, 0.1) is 4.92 Å². The lowest BCUT2D eigenvalue weighted by Gasteiger charge is -2.21. The number of hydrogen-bond donors (Lipinski definition) is 1. The highest BCUT2D eigenvalue weighted by Gasteiger charge is 2.28. The van der Waals surface area contributed by atoms with Crippen LogP contribution in [0, 0.1) is 16.0 Å². The second-order valence-corrected chi connectivity index (χ2v) is 4.18. The van der Waals surface area contributed by atoms with Crippen molar-refractivity contribution >= 4 is 17.5 Å². The van der Waals surface area contributed by atoms with Crippen molar-refractivity contribution in [3.63, 3.8) is 0 Å². The molecule has 1 aromatic heterocycles. The Morgan fingerprint density at radius 2 is 2.35 bits per heavy atom. The van der Waals surface area contributed by atoms with Gasteiger partial charge in [0, 0.05) is 13.1 Å². The highest BCUT2D eigenvalue weighted by molar-refractivity contribution is 5.58. The van der Waals surface area contributed by atoms with Crippen LogP contribution in [0.5, 0.6) is 0 Å². The van der Waals surface area contributed by atoms with Crippen molar-refractivity contribution < 1.29 is 4.92 Å². The van der Waals surface area contributed by atoms with Gasteiger partial charge in [0.15, 0.2) is 0 Å². The molecule has 0 saturated heterocycles. The van der Waals surface area contributed by atoms with Crippen LogP contribution >= 0.6 is 0 Å². The fourth-order valence-electron chi connectivity index (χ4n) is 1.72. The lowest BCUT2D eigenvalue weighted by molar-refractivity contribution is -0.384. The second-order valence-electron chi connectivity index (χ2n) is 4.18. The Labute approximate surface area is 98.8 Å². The Hall–Kier alpha value is -1.92. The van der Waals surface area contributed by atoms with Crippen molar-refractivity contribution in [1.29, 1.82) is 0 Å². The first-order valence-corrected chi connectivity index (χ1v) is 5.63. The topological polar surface area (TPSA) is 98.2 Å². The molecule has 1 saturated carbocycles. The van der Waals surface area contributed by atoms with Gasteiger partial charge >= 0.3 is 5.69 Å². The molecule has 7 nitrogen and oxygen atoms in total. The first-order valence-electron chi connectivity index (χ1n) is 5.63. The molecule has 0 unspecified atom stereocenters. The molecular formula is C10H15N5O2. The Morgan fingerprint density at radius 3 is 2.88 bits per heavy atom. The van der Waals surface area contributed by atoms with Gasteiger partial charge in [-0.3, -0.25) is 10.1 Å². The van der Waals surface area contributed by atoms with E-state index in [1.54, 1.807) is 0 Å². The molecule has 0 aliphatic heterocycles. The van der Waals surface area contributed by atoms with Crippen LogP contribution in [-0.4, -0.2) is 28.0 Å². The van der Waals surface area contributed by atoms with Crippen LogP contribution in [-0.2, 0) is 0 Å². The summed E-state index contributed by atoms with van der Waals surface area (Å²) in [6.07, 6.45) is 3.54. The van der Waals surface area contributed by atoms with E-state index in [0.717, 1.165) is 6.54 Å². The number of nitro groups is 1. The van der Waals surface area contributed by atoms with Gasteiger partial charge < -0.3 is 10.6 Å². The summed E-state index contributed by atoms with van der Waals surface area (Å²) in [6.45, 7) is 3.42. The second kappa shape index (κ2) is 4.52. The first-order chi connectivity index (χ1) is 8.11. The van der Waals surface area contributed by atoms with Crippen LogP contribution in [0.25, 0.3) is 0 Å². The maximum Gasteiger partial charge on any atom is 0.329 e. The predicted octanol–water partition coefficient (Wildman–Crippen LogP) is 1.20. The average molecular weight is 237 g/mol. The van der Waals surface area contributed by atoms with Crippen LogP contribution in [0.15, 0.2) is 6.20 Å². The van der Waals surface area contributed by atoms with E-state index < -0.39 is 4.92 Å². The van der Waals surface area contributed by atoms with E-state index in [1.165, 1.54) is 19.0 Å². The number of hydrogen-bond acceptors (Lipinski definition) is 6. The zero-order valence-corrected chi connectivity index (χ0v) is 9.67. The largest absolute Gasteiger partial charge is 0.368 e. The molecule has 0 spiro atoms. The van der Waals surface area contributed by atoms with E-state index in [-0.39, 0.29) is 11.6 Å². The molecule has 0 radical (unpaired) electrons. The van der Waals surface area contributed by atoms with Crippen LogP contribution in [0.1, 0.15) is 19.8 Å². The molecule has 2 N–H and O–H groups in total. The number of nitrogen functional groups attached to an aromatic ring is 1. The van der Waals surface area contributed by atoms with Crippen molar-refractivity contribution in [3.05, 3.63) is 16.3 Å². The standard InChI is InChI=1S/C10H15N5O2/c1-2-14(6-7-3-4-7)9-8(15(16)17)5-12-10(11)13-9/h5,7H,2-4,6H2,1H3,(H2,11,12,13). The van der Waals surface area contributed by atoms with Gasteiger partial charge in [0.25, 0.3) is 0 Å². The quantitative estimate of drug-likeness (QED) is 0.610. The summed E-state index contributed by atoms with van der Waals surface area (Å²) in [4.78, 5) is 20.0. The van der Waals surface area contributed by atoms with Crippen molar-refractivity contribution in [1.82, 2.24) is 9.97 Å². The van der Waals surface area contributed by atoms with E-state index in [0.29, 0.717) is 18.3 Å². The molecule has 0 atom stereocenters. The Bertz CT molecular complexity index is 433. The van der Waals surface area contributed by atoms with Crippen LogP contribution < -0.4 is 10.6 Å². The zero-order valence-electron chi connectivity index (χ0n) is 9.67. The average Bonchev–Trinajstić information content (AvgIpc) is 3.09. The first kappa shape index (κ1) is 11.6. The summed E-state index contributed by atoms with van der Waals surface area (Å²) in [5.41, 5.74) is 5.41. The van der Waals surface area contributed by atoms with Gasteiger partial charge in [0.2, 0.25) is 11.8 Å². The van der Waals surface area contributed by atoms with Crippen molar-refractivity contribution in [2.45, 2.75) is 19.8 Å². The van der Waals surface area contributed by atoms with E-state index in [2.05, 4.69) is 9.97 Å². The van der Waals surface area contributed by atoms with Gasteiger partial charge in [-0.2, -0.15) is 4.98 Å². The molecule has 0 aromatic carbocycles. The van der Waals surface area contributed by atoms with Gasteiger partial charge in [-0.15, -0.1) is 0 Å². The molecule has 92 valence electrons. The Kier molecular flexibility index (Phi) is 3.08. The number of rotatable bonds is 5. The number of anilines is 2. The smallest absolute Gasteiger partial charge is 0.329 e. The third-order valence-electron chi connectivity index (χ3n) is 2.82. The summed E-state index contributed by atoms with van der Waals surface area (Å²) >= 11 is 0. The fourth-order valence-corrected chi connectivity index (χ4v) is 1.72. The van der Waals surface area contributed by atoms with Gasteiger partial charge in [-0.05, 0) is 25.7 Å². The minimum atomic E-state index is -0.468. The molecule has 2 rings (SSSR count). The summed E-state index contributed by atoms with van der Waals surface area (Å²) in [7, 11) is 0. The molecule has 1 aromatic rings. The molecular weight excluding hydrogens is 222 g/mol. The third kappa shape index (κ3) is 2.61. The van der Waals surface area contributed by atoms with Crippen molar-refractivity contribution in [2.24, 2.45) is 5.92 Å². The minimum absolute atomic E-state index is 0.0693. The highest BCUT2D eigenvalue weighted by atomic mass is 16.6.